The number of nitrogens with two attached hydrogens (primary N) is 1. The van der Waals surface area contributed by atoms with Crippen molar-refractivity contribution < 1.29 is 4.39 Å². The Morgan fingerprint density at radius 1 is 1.47 bits per heavy atom. The van der Waals surface area contributed by atoms with Crippen LogP contribution in [-0.4, -0.2) is 12.6 Å². The maximum absolute atomic E-state index is 13.7. The van der Waals surface area contributed by atoms with E-state index < -0.39 is 0 Å². The minimum absolute atomic E-state index is 0.177. The summed E-state index contributed by atoms with van der Waals surface area (Å²) in [6.07, 6.45) is 2.33. The number of anilines is 2. The maximum Gasteiger partial charge on any atom is 0.138 e. The second-order valence-electron chi connectivity index (χ2n) is 4.97. The van der Waals surface area contributed by atoms with Crippen LogP contribution < -0.4 is 10.6 Å². The van der Waals surface area contributed by atoms with Gasteiger partial charge in [0, 0.05) is 18.7 Å². The first-order chi connectivity index (χ1) is 8.00. The Morgan fingerprint density at radius 2 is 2.18 bits per heavy atom. The quantitative estimate of drug-likeness (QED) is 0.653. The maximum atomic E-state index is 13.7. The van der Waals surface area contributed by atoms with Gasteiger partial charge in [0.2, 0.25) is 0 Å². The van der Waals surface area contributed by atoms with Gasteiger partial charge in [0.15, 0.2) is 0 Å². The van der Waals surface area contributed by atoms with Gasteiger partial charge in [-0.05, 0) is 47.4 Å². The average molecular weight is 348 g/mol. The van der Waals surface area contributed by atoms with Gasteiger partial charge in [-0.15, -0.1) is 0 Å². The molecule has 1 aromatic rings. The summed E-state index contributed by atoms with van der Waals surface area (Å²) in [5.74, 6) is 0.392. The van der Waals surface area contributed by atoms with E-state index >= 15 is 0 Å². The normalized spacial score (nSPS) is 20.3. The van der Waals surface area contributed by atoms with Crippen molar-refractivity contribution in [2.24, 2.45) is 5.92 Å². The van der Waals surface area contributed by atoms with E-state index in [2.05, 4.69) is 18.7 Å². The van der Waals surface area contributed by atoms with E-state index in [1.54, 1.807) is 12.1 Å². The molecule has 1 fully saturated rings. The van der Waals surface area contributed by atoms with Gasteiger partial charge < -0.3 is 10.6 Å². The Bertz CT molecular complexity index is 420. The van der Waals surface area contributed by atoms with Gasteiger partial charge in [-0.1, -0.05) is 13.8 Å². The van der Waals surface area contributed by atoms with Crippen LogP contribution in [0.25, 0.3) is 0 Å². The highest BCUT2D eigenvalue weighted by Gasteiger charge is 2.28. The minimum atomic E-state index is -0.177. The standard InChI is InChI=1S/C13H18FIN2/c1-8(2)12-4-3-5-17(12)13-6-9(14)10(15)7-11(13)16/h6-8,12H,3-5,16H2,1-2H3. The van der Waals surface area contributed by atoms with Gasteiger partial charge >= 0.3 is 0 Å². The highest BCUT2D eigenvalue weighted by atomic mass is 127. The summed E-state index contributed by atoms with van der Waals surface area (Å²) in [6.45, 7) is 5.40. The highest BCUT2D eigenvalue weighted by Crippen LogP contribution is 2.35. The van der Waals surface area contributed by atoms with Crippen LogP contribution in [0.2, 0.25) is 0 Å². The third-order valence-corrected chi connectivity index (χ3v) is 4.27. The van der Waals surface area contributed by atoms with E-state index in [4.69, 9.17) is 5.73 Å². The van der Waals surface area contributed by atoms with Crippen molar-refractivity contribution >= 4 is 34.0 Å². The monoisotopic (exact) mass is 348 g/mol. The van der Waals surface area contributed by atoms with Gasteiger partial charge in [-0.3, -0.25) is 0 Å². The van der Waals surface area contributed by atoms with E-state index in [1.165, 1.54) is 6.42 Å². The summed E-state index contributed by atoms with van der Waals surface area (Å²) in [6, 6.07) is 3.79. The van der Waals surface area contributed by atoms with Crippen LogP contribution >= 0.6 is 22.6 Å². The molecule has 0 spiro atoms. The Balaban J connectivity index is 2.36. The van der Waals surface area contributed by atoms with Gasteiger partial charge in [0.1, 0.15) is 5.82 Å². The fraction of sp³-hybridized carbons (Fsp3) is 0.538. The van der Waals surface area contributed by atoms with Crippen LogP contribution in [0.3, 0.4) is 0 Å². The molecular formula is C13H18FIN2. The third kappa shape index (κ3) is 2.51. The van der Waals surface area contributed by atoms with Crippen molar-refractivity contribution in [1.82, 2.24) is 0 Å². The van der Waals surface area contributed by atoms with Gasteiger partial charge in [-0.2, -0.15) is 0 Å². The lowest BCUT2D eigenvalue weighted by molar-refractivity contribution is 0.491. The molecule has 0 saturated carbocycles. The molecule has 17 heavy (non-hydrogen) atoms. The molecule has 1 aromatic carbocycles. The number of nitrogen functional groups attached to an aromatic ring is 1. The third-order valence-electron chi connectivity index (χ3n) is 3.45. The molecular weight excluding hydrogens is 330 g/mol. The van der Waals surface area contributed by atoms with Crippen molar-refractivity contribution in [2.75, 3.05) is 17.2 Å². The van der Waals surface area contributed by atoms with Crippen LogP contribution in [0.4, 0.5) is 15.8 Å². The second-order valence-corrected chi connectivity index (χ2v) is 6.13. The zero-order chi connectivity index (χ0) is 12.6. The molecule has 1 atom stereocenters. The van der Waals surface area contributed by atoms with Crippen LogP contribution in [0, 0.1) is 15.3 Å². The lowest BCUT2D eigenvalue weighted by atomic mass is 10.0. The van der Waals surface area contributed by atoms with E-state index in [9.17, 15) is 4.39 Å². The molecule has 2 nitrogen and oxygen atoms in total. The fourth-order valence-corrected chi connectivity index (χ4v) is 3.08. The largest absolute Gasteiger partial charge is 0.397 e. The smallest absolute Gasteiger partial charge is 0.138 e. The molecule has 0 amide bonds. The SMILES string of the molecule is CC(C)C1CCCN1c1cc(F)c(I)cc1N. The zero-order valence-corrected chi connectivity index (χ0v) is 12.4. The van der Waals surface area contributed by atoms with Crippen LogP contribution in [0.5, 0.6) is 0 Å². The van der Waals surface area contributed by atoms with Gasteiger partial charge in [-0.25, -0.2) is 4.39 Å². The first kappa shape index (κ1) is 12.9. The number of hydrogen-bond donors (Lipinski definition) is 1. The number of halogens is 2. The van der Waals surface area contributed by atoms with Crippen molar-refractivity contribution in [1.29, 1.82) is 0 Å². The fourth-order valence-electron chi connectivity index (χ4n) is 2.59. The Labute approximate surface area is 116 Å². The molecule has 0 radical (unpaired) electrons. The van der Waals surface area contributed by atoms with E-state index in [0.717, 1.165) is 18.7 Å². The molecule has 0 aliphatic carbocycles. The average Bonchev–Trinajstić information content (AvgIpc) is 2.72. The molecule has 1 aliphatic rings. The summed E-state index contributed by atoms with van der Waals surface area (Å²) in [5, 5.41) is 0. The summed E-state index contributed by atoms with van der Waals surface area (Å²) < 4.78 is 14.2. The Morgan fingerprint density at radius 3 is 2.82 bits per heavy atom. The Hall–Kier alpha value is -0.520. The lowest BCUT2D eigenvalue weighted by Gasteiger charge is -2.30. The molecule has 94 valence electrons. The number of nitrogens with zero attached hydrogens (tertiary/aromatic N) is 1. The van der Waals surface area contributed by atoms with E-state index in [1.807, 2.05) is 22.6 Å². The summed E-state index contributed by atoms with van der Waals surface area (Å²) in [5.41, 5.74) is 7.56. The molecule has 2 N–H and O–H groups in total. The van der Waals surface area contributed by atoms with E-state index in [0.29, 0.717) is 21.2 Å². The molecule has 1 aliphatic heterocycles. The summed E-state index contributed by atoms with van der Waals surface area (Å²) in [7, 11) is 0. The number of hydrogen-bond acceptors (Lipinski definition) is 2. The number of benzene rings is 1. The van der Waals surface area contributed by atoms with Crippen molar-refractivity contribution in [3.05, 3.63) is 21.5 Å². The molecule has 1 saturated heterocycles. The molecule has 0 aromatic heterocycles. The van der Waals surface area contributed by atoms with Crippen LogP contribution in [0.15, 0.2) is 12.1 Å². The van der Waals surface area contributed by atoms with Crippen molar-refractivity contribution in [2.45, 2.75) is 32.7 Å². The lowest BCUT2D eigenvalue weighted by Crippen LogP contribution is -2.33. The van der Waals surface area contributed by atoms with Crippen LogP contribution in [-0.2, 0) is 0 Å². The predicted octanol–water partition coefficient (Wildman–Crippen LogP) is 3.64. The molecule has 1 unspecified atom stereocenters. The molecule has 2 rings (SSSR count). The van der Waals surface area contributed by atoms with Crippen LogP contribution in [0.1, 0.15) is 26.7 Å². The minimum Gasteiger partial charge on any atom is -0.397 e. The Kier molecular flexibility index (Phi) is 3.80. The summed E-state index contributed by atoms with van der Waals surface area (Å²) >= 11 is 1.97. The first-order valence-corrected chi connectivity index (χ1v) is 7.09. The molecule has 0 bridgehead atoms. The van der Waals surface area contributed by atoms with Gasteiger partial charge in [0.25, 0.3) is 0 Å². The number of rotatable bonds is 2. The van der Waals surface area contributed by atoms with E-state index in [-0.39, 0.29) is 5.82 Å². The predicted molar refractivity (Wildman–Crippen MR) is 78.7 cm³/mol. The van der Waals surface area contributed by atoms with Crippen molar-refractivity contribution in [3.63, 3.8) is 0 Å². The first-order valence-electron chi connectivity index (χ1n) is 6.02. The van der Waals surface area contributed by atoms with Gasteiger partial charge in [0.05, 0.1) is 14.9 Å². The molecule has 1 heterocycles. The second kappa shape index (κ2) is 5.00. The summed E-state index contributed by atoms with van der Waals surface area (Å²) in [4.78, 5) is 2.26. The van der Waals surface area contributed by atoms with Crippen molar-refractivity contribution in [3.8, 4) is 0 Å². The highest BCUT2D eigenvalue weighted by molar-refractivity contribution is 14.1. The molecule has 4 heteroatoms. The topological polar surface area (TPSA) is 29.3 Å². The zero-order valence-electron chi connectivity index (χ0n) is 10.2.